The number of rotatable bonds is 5. The van der Waals surface area contributed by atoms with Crippen molar-refractivity contribution in [1.29, 1.82) is 0 Å². The molecule has 21 heavy (non-hydrogen) atoms. The van der Waals surface area contributed by atoms with Gasteiger partial charge in [-0.3, -0.25) is 10.1 Å². The number of aliphatic carboxylic acids is 1. The molecule has 0 saturated heterocycles. The molecule has 0 aliphatic carbocycles. The van der Waals surface area contributed by atoms with Crippen LogP contribution in [0, 0.1) is 12.8 Å². The predicted molar refractivity (Wildman–Crippen MR) is 84.6 cm³/mol. The van der Waals surface area contributed by atoms with Crippen LogP contribution in [-0.2, 0) is 11.3 Å². The van der Waals surface area contributed by atoms with Crippen LogP contribution in [-0.4, -0.2) is 22.1 Å². The first kappa shape index (κ1) is 15.7. The molecule has 1 aromatic carbocycles. The fourth-order valence-electron chi connectivity index (χ4n) is 2.25. The van der Waals surface area contributed by atoms with Crippen LogP contribution in [0.2, 0.25) is 5.15 Å². The van der Waals surface area contributed by atoms with Gasteiger partial charge < -0.3 is 5.11 Å². The fraction of sp³-hybridized carbons (Fsp3) is 0.375. The molecule has 1 atom stereocenters. The lowest BCUT2D eigenvalue weighted by molar-refractivity contribution is -0.140. The first-order chi connectivity index (χ1) is 9.88. The highest BCUT2D eigenvalue weighted by atomic mass is 35.5. The topological polar surface area (TPSA) is 62.2 Å². The Morgan fingerprint density at radius 3 is 2.71 bits per heavy atom. The van der Waals surface area contributed by atoms with Crippen LogP contribution in [0.15, 0.2) is 24.3 Å². The van der Waals surface area contributed by atoms with Gasteiger partial charge in [0.2, 0.25) is 0 Å². The summed E-state index contributed by atoms with van der Waals surface area (Å²) in [7, 11) is 0. The number of nitrogens with zero attached hydrogens (tertiary/aromatic N) is 1. The molecular weight excluding hydrogens is 288 g/mol. The highest BCUT2D eigenvalue weighted by Crippen LogP contribution is 2.21. The largest absolute Gasteiger partial charge is 0.480 e. The van der Waals surface area contributed by atoms with E-state index in [0.29, 0.717) is 11.7 Å². The van der Waals surface area contributed by atoms with Crippen LogP contribution in [0.5, 0.6) is 0 Å². The number of carboxylic acids is 1. The Labute approximate surface area is 129 Å². The summed E-state index contributed by atoms with van der Waals surface area (Å²) >= 11 is 6.20. The summed E-state index contributed by atoms with van der Waals surface area (Å²) in [5.74, 6) is -0.858. The van der Waals surface area contributed by atoms with Crippen molar-refractivity contribution >= 4 is 28.5 Å². The summed E-state index contributed by atoms with van der Waals surface area (Å²) in [5, 5.41) is 13.6. The number of nitrogens with one attached hydrogen (secondary N) is 1. The van der Waals surface area contributed by atoms with Crippen LogP contribution in [0.25, 0.3) is 10.9 Å². The normalized spacial score (nSPS) is 12.8. The smallest absolute Gasteiger partial charge is 0.320 e. The maximum atomic E-state index is 11.2. The van der Waals surface area contributed by atoms with Gasteiger partial charge in [0.1, 0.15) is 11.2 Å². The minimum absolute atomic E-state index is 0.00246. The number of aromatic nitrogens is 1. The quantitative estimate of drug-likeness (QED) is 0.831. The number of aryl methyl sites for hydroxylation is 1. The minimum atomic E-state index is -0.856. The molecule has 0 saturated carbocycles. The van der Waals surface area contributed by atoms with Gasteiger partial charge in [-0.2, -0.15) is 0 Å². The molecule has 1 aromatic heterocycles. The number of hydrogen-bond acceptors (Lipinski definition) is 3. The second-order valence-electron chi connectivity index (χ2n) is 5.58. The van der Waals surface area contributed by atoms with Crippen molar-refractivity contribution in [3.63, 3.8) is 0 Å². The van der Waals surface area contributed by atoms with E-state index >= 15 is 0 Å². The molecule has 112 valence electrons. The molecule has 0 bridgehead atoms. The third-order valence-corrected chi connectivity index (χ3v) is 3.77. The van der Waals surface area contributed by atoms with Gasteiger partial charge in [0.15, 0.2) is 0 Å². The summed E-state index contributed by atoms with van der Waals surface area (Å²) in [6.07, 6.45) is 0. The summed E-state index contributed by atoms with van der Waals surface area (Å²) in [4.78, 5) is 15.6. The van der Waals surface area contributed by atoms with Crippen molar-refractivity contribution in [2.24, 2.45) is 5.92 Å². The second-order valence-corrected chi connectivity index (χ2v) is 5.93. The Morgan fingerprint density at radius 2 is 2.10 bits per heavy atom. The van der Waals surface area contributed by atoms with Crippen molar-refractivity contribution in [3.05, 3.63) is 40.5 Å². The Hall–Kier alpha value is -1.65. The third-order valence-electron chi connectivity index (χ3n) is 3.44. The molecule has 0 amide bonds. The van der Waals surface area contributed by atoms with E-state index in [9.17, 15) is 9.90 Å². The van der Waals surface area contributed by atoms with E-state index in [1.807, 2.05) is 45.0 Å². The monoisotopic (exact) mass is 306 g/mol. The number of pyridine rings is 1. The van der Waals surface area contributed by atoms with Crippen LogP contribution in [0.1, 0.15) is 25.0 Å². The highest BCUT2D eigenvalue weighted by Gasteiger charge is 2.21. The number of carboxylic acid groups (broad SMARTS) is 1. The summed E-state index contributed by atoms with van der Waals surface area (Å²) in [5.41, 5.74) is 2.78. The van der Waals surface area contributed by atoms with Crippen LogP contribution < -0.4 is 5.32 Å². The zero-order valence-corrected chi connectivity index (χ0v) is 13.1. The highest BCUT2D eigenvalue weighted by molar-refractivity contribution is 6.30. The van der Waals surface area contributed by atoms with E-state index in [0.717, 1.165) is 22.0 Å². The number of carbonyl (C=O) groups is 1. The first-order valence-electron chi connectivity index (χ1n) is 6.90. The Bertz CT molecular complexity index is 671. The molecule has 0 spiro atoms. The lowest BCUT2D eigenvalue weighted by Gasteiger charge is -2.18. The Morgan fingerprint density at radius 1 is 1.38 bits per heavy atom. The molecule has 2 aromatic rings. The predicted octanol–water partition coefficient (Wildman–Crippen LogP) is 3.40. The zero-order chi connectivity index (χ0) is 15.6. The second kappa shape index (κ2) is 6.41. The van der Waals surface area contributed by atoms with E-state index < -0.39 is 12.0 Å². The minimum Gasteiger partial charge on any atom is -0.480 e. The third kappa shape index (κ3) is 3.71. The fourth-order valence-corrected chi connectivity index (χ4v) is 2.46. The molecule has 4 nitrogen and oxygen atoms in total. The molecule has 2 rings (SSSR count). The molecule has 2 N–H and O–H groups in total. The van der Waals surface area contributed by atoms with Crippen LogP contribution in [0.3, 0.4) is 0 Å². The van der Waals surface area contributed by atoms with E-state index in [4.69, 9.17) is 11.6 Å². The van der Waals surface area contributed by atoms with Crippen molar-refractivity contribution in [2.75, 3.05) is 0 Å². The molecule has 0 fully saturated rings. The van der Waals surface area contributed by atoms with Gasteiger partial charge in [0.05, 0.1) is 5.52 Å². The van der Waals surface area contributed by atoms with E-state index in [1.165, 1.54) is 0 Å². The summed E-state index contributed by atoms with van der Waals surface area (Å²) in [6, 6.07) is 7.34. The van der Waals surface area contributed by atoms with Gasteiger partial charge in [-0.05, 0) is 30.5 Å². The number of halogens is 1. The maximum absolute atomic E-state index is 11.2. The van der Waals surface area contributed by atoms with Gasteiger partial charge in [-0.15, -0.1) is 0 Å². The standard InChI is InChI=1S/C16H19ClN2O2/c1-9(2)14(16(20)21)18-8-12-7-11-5-4-10(3)6-13(11)19-15(12)17/h4-7,9,14,18H,8H2,1-3H3,(H,20,21). The Balaban J connectivity index is 2.24. The van der Waals surface area contributed by atoms with E-state index in [-0.39, 0.29) is 5.92 Å². The van der Waals surface area contributed by atoms with Gasteiger partial charge in [0.25, 0.3) is 0 Å². The van der Waals surface area contributed by atoms with Gasteiger partial charge in [-0.1, -0.05) is 37.6 Å². The number of benzene rings is 1. The van der Waals surface area contributed by atoms with Crippen molar-refractivity contribution in [3.8, 4) is 0 Å². The van der Waals surface area contributed by atoms with Crippen molar-refractivity contribution in [1.82, 2.24) is 10.3 Å². The zero-order valence-electron chi connectivity index (χ0n) is 12.4. The lowest BCUT2D eigenvalue weighted by Crippen LogP contribution is -2.40. The van der Waals surface area contributed by atoms with Crippen molar-refractivity contribution in [2.45, 2.75) is 33.4 Å². The lowest BCUT2D eigenvalue weighted by atomic mass is 10.0. The number of fused-ring (bicyclic) bond motifs is 1. The molecule has 1 heterocycles. The van der Waals surface area contributed by atoms with E-state index in [2.05, 4.69) is 10.3 Å². The van der Waals surface area contributed by atoms with E-state index in [1.54, 1.807) is 0 Å². The average molecular weight is 307 g/mol. The van der Waals surface area contributed by atoms with Gasteiger partial charge >= 0.3 is 5.97 Å². The maximum Gasteiger partial charge on any atom is 0.320 e. The van der Waals surface area contributed by atoms with Crippen LogP contribution >= 0.6 is 11.6 Å². The molecule has 0 aliphatic heterocycles. The van der Waals surface area contributed by atoms with Gasteiger partial charge in [-0.25, -0.2) is 4.98 Å². The van der Waals surface area contributed by atoms with Gasteiger partial charge in [0, 0.05) is 17.5 Å². The number of hydrogen-bond donors (Lipinski definition) is 2. The van der Waals surface area contributed by atoms with Crippen molar-refractivity contribution < 1.29 is 9.90 Å². The average Bonchev–Trinajstić information content (AvgIpc) is 2.38. The van der Waals surface area contributed by atoms with Crippen LogP contribution in [0.4, 0.5) is 0 Å². The SMILES string of the molecule is Cc1ccc2cc(CNC(C(=O)O)C(C)C)c(Cl)nc2c1. The molecule has 0 radical (unpaired) electrons. The molecule has 5 heteroatoms. The first-order valence-corrected chi connectivity index (χ1v) is 7.28. The Kier molecular flexibility index (Phi) is 4.80. The molecule has 1 unspecified atom stereocenters. The molecule has 0 aliphatic rings. The summed E-state index contributed by atoms with van der Waals surface area (Å²) < 4.78 is 0. The molecular formula is C16H19ClN2O2. The summed E-state index contributed by atoms with van der Waals surface area (Å²) in [6.45, 7) is 6.12.